The summed E-state index contributed by atoms with van der Waals surface area (Å²) < 4.78 is 40.9. The molecule has 7 heteroatoms. The van der Waals surface area contributed by atoms with Crippen molar-refractivity contribution >= 4 is 0 Å². The van der Waals surface area contributed by atoms with Crippen molar-refractivity contribution in [1.29, 1.82) is 0 Å². The lowest BCUT2D eigenvalue weighted by atomic mass is 10.2. The molecule has 16 heavy (non-hydrogen) atoms. The van der Waals surface area contributed by atoms with Gasteiger partial charge in [-0.15, -0.1) is 0 Å². The van der Waals surface area contributed by atoms with Crippen LogP contribution in [-0.4, -0.2) is 15.2 Å². The van der Waals surface area contributed by atoms with Gasteiger partial charge in [0.2, 0.25) is 0 Å². The second-order valence-corrected chi connectivity index (χ2v) is 2.94. The number of nitrogens with zero attached hydrogens (tertiary/aromatic N) is 2. The van der Waals surface area contributed by atoms with Crippen LogP contribution in [0.4, 0.5) is 13.2 Å². The van der Waals surface area contributed by atoms with Gasteiger partial charge < -0.3 is 9.63 Å². The summed E-state index contributed by atoms with van der Waals surface area (Å²) in [5.74, 6) is -1.96. The van der Waals surface area contributed by atoms with Gasteiger partial charge in [0, 0.05) is 0 Å². The van der Waals surface area contributed by atoms with E-state index in [9.17, 15) is 18.3 Å². The van der Waals surface area contributed by atoms with Crippen LogP contribution >= 0.6 is 0 Å². The zero-order valence-corrected chi connectivity index (χ0v) is 7.69. The van der Waals surface area contributed by atoms with Crippen molar-refractivity contribution in [3.63, 3.8) is 0 Å². The van der Waals surface area contributed by atoms with Crippen LogP contribution in [0.5, 0.6) is 5.75 Å². The van der Waals surface area contributed by atoms with E-state index in [1.54, 1.807) is 0 Å². The zero-order chi connectivity index (χ0) is 11.8. The molecule has 0 spiro atoms. The number of aromatic hydroxyl groups is 1. The zero-order valence-electron chi connectivity index (χ0n) is 7.69. The van der Waals surface area contributed by atoms with Crippen molar-refractivity contribution in [2.75, 3.05) is 0 Å². The summed E-state index contributed by atoms with van der Waals surface area (Å²) in [5, 5.41) is 12.1. The molecule has 0 fully saturated rings. The number of benzene rings is 1. The number of aromatic nitrogens is 2. The second-order valence-electron chi connectivity index (χ2n) is 2.94. The molecule has 1 aromatic heterocycles. The van der Waals surface area contributed by atoms with Crippen molar-refractivity contribution in [2.45, 2.75) is 6.18 Å². The molecule has 0 saturated carbocycles. The first-order valence-electron chi connectivity index (χ1n) is 4.18. The van der Waals surface area contributed by atoms with E-state index in [4.69, 9.17) is 0 Å². The normalized spacial score (nSPS) is 11.7. The highest BCUT2D eigenvalue weighted by molar-refractivity contribution is 5.61. The van der Waals surface area contributed by atoms with Crippen molar-refractivity contribution < 1.29 is 22.8 Å². The van der Waals surface area contributed by atoms with E-state index in [0.29, 0.717) is 0 Å². The molecule has 0 aliphatic carbocycles. The predicted octanol–water partition coefficient (Wildman–Crippen LogP) is 2.46. The molecular weight excluding hydrogens is 225 g/mol. The third kappa shape index (κ3) is 1.83. The predicted molar refractivity (Wildman–Crippen MR) is 46.4 cm³/mol. The fourth-order valence-electron chi connectivity index (χ4n) is 1.10. The van der Waals surface area contributed by atoms with Crippen LogP contribution in [0.15, 0.2) is 28.8 Å². The van der Waals surface area contributed by atoms with Gasteiger partial charge in [-0.2, -0.15) is 18.2 Å². The topological polar surface area (TPSA) is 59.2 Å². The number of halogens is 3. The molecule has 4 nitrogen and oxygen atoms in total. The summed E-state index contributed by atoms with van der Waals surface area (Å²) in [6, 6.07) is 5.75. The quantitative estimate of drug-likeness (QED) is 0.817. The first kappa shape index (κ1) is 10.5. The fraction of sp³-hybridized carbons (Fsp3) is 0.111. The number of rotatable bonds is 1. The van der Waals surface area contributed by atoms with E-state index < -0.39 is 12.0 Å². The third-order valence-corrected chi connectivity index (χ3v) is 1.81. The Balaban J connectivity index is 2.44. The summed E-state index contributed by atoms with van der Waals surface area (Å²) in [4.78, 5) is 3.15. The molecule has 0 radical (unpaired) electrons. The van der Waals surface area contributed by atoms with Gasteiger partial charge >= 0.3 is 6.18 Å². The molecule has 1 heterocycles. The van der Waals surface area contributed by atoms with E-state index in [1.807, 2.05) is 0 Å². The average Bonchev–Trinajstić information content (AvgIpc) is 2.66. The molecule has 2 rings (SSSR count). The van der Waals surface area contributed by atoms with Crippen LogP contribution < -0.4 is 0 Å². The number of phenols is 1. The van der Waals surface area contributed by atoms with Crippen LogP contribution in [0.2, 0.25) is 0 Å². The van der Waals surface area contributed by atoms with Gasteiger partial charge in [0.1, 0.15) is 5.75 Å². The smallest absolute Gasteiger partial charge is 0.455 e. The highest BCUT2D eigenvalue weighted by Crippen LogP contribution is 2.31. The molecule has 2 aromatic rings. The van der Waals surface area contributed by atoms with E-state index in [0.717, 1.165) is 0 Å². The number of alkyl halides is 3. The molecule has 0 bridgehead atoms. The Bertz CT molecular complexity index is 507. The Morgan fingerprint density at radius 3 is 2.44 bits per heavy atom. The molecule has 84 valence electrons. The van der Waals surface area contributed by atoms with Gasteiger partial charge in [0.15, 0.2) is 0 Å². The Morgan fingerprint density at radius 2 is 1.88 bits per heavy atom. The van der Waals surface area contributed by atoms with E-state index in [2.05, 4.69) is 14.7 Å². The van der Waals surface area contributed by atoms with Crippen LogP contribution in [-0.2, 0) is 6.18 Å². The molecular formula is C9H5F3N2O2. The number of phenolic OH excluding ortho intramolecular Hbond substituents is 1. The highest BCUT2D eigenvalue weighted by atomic mass is 19.4. The van der Waals surface area contributed by atoms with Gasteiger partial charge in [0.05, 0.1) is 5.56 Å². The number of hydrogen-bond donors (Lipinski definition) is 1. The largest absolute Gasteiger partial charge is 0.507 e. The summed E-state index contributed by atoms with van der Waals surface area (Å²) in [5.41, 5.74) is 0.0606. The molecule has 0 aliphatic rings. The Kier molecular flexibility index (Phi) is 2.30. The van der Waals surface area contributed by atoms with Gasteiger partial charge in [-0.05, 0) is 12.1 Å². The lowest BCUT2D eigenvalue weighted by Gasteiger charge is -1.97. The molecule has 0 aliphatic heterocycles. The summed E-state index contributed by atoms with van der Waals surface area (Å²) >= 11 is 0. The minimum absolute atomic E-state index is 0.0606. The fourth-order valence-corrected chi connectivity index (χ4v) is 1.10. The van der Waals surface area contributed by atoms with Gasteiger partial charge in [-0.25, -0.2) is 0 Å². The summed E-state index contributed by atoms with van der Waals surface area (Å²) in [7, 11) is 0. The maximum absolute atomic E-state index is 12.2. The second kappa shape index (κ2) is 3.51. The van der Waals surface area contributed by atoms with Gasteiger partial charge in [-0.3, -0.25) is 0 Å². The van der Waals surface area contributed by atoms with Crippen molar-refractivity contribution in [3.05, 3.63) is 30.1 Å². The van der Waals surface area contributed by atoms with Crippen molar-refractivity contribution in [1.82, 2.24) is 10.1 Å². The van der Waals surface area contributed by atoms with Crippen LogP contribution in [0.1, 0.15) is 5.82 Å². The molecule has 0 unspecified atom stereocenters. The van der Waals surface area contributed by atoms with Crippen LogP contribution in [0.3, 0.4) is 0 Å². The molecule has 0 atom stereocenters. The Labute approximate surface area is 87.3 Å². The van der Waals surface area contributed by atoms with Crippen molar-refractivity contribution in [3.8, 4) is 17.2 Å². The monoisotopic (exact) mass is 230 g/mol. The maximum atomic E-state index is 12.2. The minimum Gasteiger partial charge on any atom is -0.507 e. The van der Waals surface area contributed by atoms with Crippen LogP contribution in [0.25, 0.3) is 11.5 Å². The SMILES string of the molecule is Oc1ccccc1-c1nc(C(F)(F)F)no1. The first-order valence-corrected chi connectivity index (χ1v) is 4.18. The Morgan fingerprint density at radius 1 is 1.19 bits per heavy atom. The first-order chi connectivity index (χ1) is 7.48. The third-order valence-electron chi connectivity index (χ3n) is 1.81. The Hall–Kier alpha value is -2.05. The lowest BCUT2D eigenvalue weighted by Crippen LogP contribution is -2.07. The molecule has 1 N–H and O–H groups in total. The van der Waals surface area contributed by atoms with Crippen LogP contribution in [0, 0.1) is 0 Å². The maximum Gasteiger partial charge on any atom is 0.455 e. The average molecular weight is 230 g/mol. The lowest BCUT2D eigenvalue weighted by molar-refractivity contribution is -0.146. The number of hydrogen-bond acceptors (Lipinski definition) is 4. The molecule has 0 saturated heterocycles. The minimum atomic E-state index is -4.66. The van der Waals surface area contributed by atoms with E-state index in [1.165, 1.54) is 24.3 Å². The van der Waals surface area contributed by atoms with E-state index >= 15 is 0 Å². The van der Waals surface area contributed by atoms with Crippen molar-refractivity contribution in [2.24, 2.45) is 0 Å². The summed E-state index contributed by atoms with van der Waals surface area (Å²) in [6.07, 6.45) is -4.66. The van der Waals surface area contributed by atoms with Gasteiger partial charge in [-0.1, -0.05) is 17.3 Å². The molecule has 1 aromatic carbocycles. The van der Waals surface area contributed by atoms with Gasteiger partial charge in [0.25, 0.3) is 11.7 Å². The standard InChI is InChI=1S/C9H5F3N2O2/c10-9(11,12)8-13-7(16-14-8)5-3-1-2-4-6(5)15/h1-4,15H. The van der Waals surface area contributed by atoms with E-state index in [-0.39, 0.29) is 17.2 Å². The highest BCUT2D eigenvalue weighted by Gasteiger charge is 2.37. The number of para-hydroxylation sites is 1. The summed E-state index contributed by atoms with van der Waals surface area (Å²) in [6.45, 7) is 0. The molecule has 0 amide bonds.